The van der Waals surface area contributed by atoms with Gasteiger partial charge in [0.05, 0.1) is 23.7 Å². The molecule has 0 N–H and O–H groups in total. The molecule has 2 rings (SSSR count). The van der Waals surface area contributed by atoms with Crippen molar-refractivity contribution in [3.8, 4) is 0 Å². The molecule has 0 spiro atoms. The van der Waals surface area contributed by atoms with Crippen LogP contribution in [0, 0.1) is 6.92 Å². The zero-order valence-electron chi connectivity index (χ0n) is 25.2. The fourth-order valence-corrected chi connectivity index (χ4v) is 6.41. The smallest absolute Gasteiger partial charge is 0.296 e. The van der Waals surface area contributed by atoms with Gasteiger partial charge in [0.15, 0.2) is 0 Å². The highest BCUT2D eigenvalue weighted by Gasteiger charge is 2.34. The van der Waals surface area contributed by atoms with E-state index < -0.39 is 10.1 Å². The first kappa shape index (κ1) is 34.3. The van der Waals surface area contributed by atoms with Crippen molar-refractivity contribution in [2.45, 2.75) is 153 Å². The van der Waals surface area contributed by atoms with E-state index in [9.17, 15) is 8.42 Å². The molecule has 0 saturated carbocycles. The zero-order valence-corrected chi connectivity index (χ0v) is 26.0. The van der Waals surface area contributed by atoms with Gasteiger partial charge < -0.3 is 9.47 Å². The highest BCUT2D eigenvalue weighted by atomic mass is 32.2. The van der Waals surface area contributed by atoms with Crippen LogP contribution >= 0.6 is 0 Å². The van der Waals surface area contributed by atoms with Crippen LogP contribution in [0.15, 0.2) is 29.2 Å². The Morgan fingerprint density at radius 2 is 1.28 bits per heavy atom. The average Bonchev–Trinajstić information content (AvgIpc) is 3.39. The zero-order chi connectivity index (χ0) is 28.1. The molecule has 0 radical (unpaired) electrons. The third-order valence-electron chi connectivity index (χ3n) is 8.02. The van der Waals surface area contributed by atoms with E-state index in [2.05, 4.69) is 6.92 Å². The molecule has 6 heteroatoms. The minimum Gasteiger partial charge on any atom is -0.378 e. The van der Waals surface area contributed by atoms with Gasteiger partial charge in [-0.15, -0.1) is 0 Å². The topological polar surface area (TPSA) is 61.8 Å². The second-order valence-corrected chi connectivity index (χ2v) is 13.3. The summed E-state index contributed by atoms with van der Waals surface area (Å²) in [6.07, 6.45) is 25.0. The van der Waals surface area contributed by atoms with Gasteiger partial charge in [0, 0.05) is 13.2 Å². The lowest BCUT2D eigenvalue weighted by molar-refractivity contribution is -0.0700. The Morgan fingerprint density at radius 1 is 0.744 bits per heavy atom. The van der Waals surface area contributed by atoms with Crippen LogP contribution in [-0.4, -0.2) is 40.4 Å². The molecule has 39 heavy (non-hydrogen) atoms. The van der Waals surface area contributed by atoms with E-state index in [1.165, 1.54) is 83.5 Å². The Labute approximate surface area is 240 Å². The highest BCUT2D eigenvalue weighted by molar-refractivity contribution is 7.86. The van der Waals surface area contributed by atoms with Gasteiger partial charge in [-0.1, -0.05) is 121 Å². The Hall–Kier alpha value is -0.950. The number of hydrogen-bond acceptors (Lipinski definition) is 5. The number of aryl methyl sites for hydroxylation is 1. The molecule has 1 saturated heterocycles. The summed E-state index contributed by atoms with van der Waals surface area (Å²) in [4.78, 5) is 0.225. The van der Waals surface area contributed by atoms with Crippen molar-refractivity contribution in [3.05, 3.63) is 29.8 Å². The standard InChI is InChI=1S/C33H58O5S/c1-3-4-5-6-7-8-9-10-11-12-13-14-17-25-33(26-20-28-37-33)30-36-27-18-15-16-19-29-38-39(34,35)32-23-21-31(2)22-24-32/h21-24H,3-20,25-30H2,1-2H3. The summed E-state index contributed by atoms with van der Waals surface area (Å²) < 4.78 is 41.9. The second kappa shape index (κ2) is 20.9. The third kappa shape index (κ3) is 15.6. The predicted octanol–water partition coefficient (Wildman–Crippen LogP) is 9.31. The van der Waals surface area contributed by atoms with Crippen molar-refractivity contribution in [1.82, 2.24) is 0 Å². The molecule has 1 fully saturated rings. The normalized spacial score (nSPS) is 17.7. The molecule has 1 aromatic carbocycles. The summed E-state index contributed by atoms with van der Waals surface area (Å²) in [6, 6.07) is 6.77. The van der Waals surface area contributed by atoms with Gasteiger partial charge in [-0.3, -0.25) is 4.18 Å². The molecule has 0 aliphatic carbocycles. The van der Waals surface area contributed by atoms with Crippen molar-refractivity contribution in [2.75, 3.05) is 26.4 Å². The monoisotopic (exact) mass is 566 g/mol. The molecule has 1 atom stereocenters. The van der Waals surface area contributed by atoms with Crippen LogP contribution in [0.1, 0.15) is 141 Å². The first-order valence-corrected chi connectivity index (χ1v) is 17.6. The lowest BCUT2D eigenvalue weighted by Gasteiger charge is -2.28. The molecule has 0 bridgehead atoms. The minimum atomic E-state index is -3.66. The lowest BCUT2D eigenvalue weighted by Crippen LogP contribution is -2.34. The van der Waals surface area contributed by atoms with Crippen LogP contribution in [0.4, 0.5) is 0 Å². The van der Waals surface area contributed by atoms with Crippen LogP contribution in [0.3, 0.4) is 0 Å². The van der Waals surface area contributed by atoms with Gasteiger partial charge >= 0.3 is 0 Å². The van der Waals surface area contributed by atoms with Crippen molar-refractivity contribution in [3.63, 3.8) is 0 Å². The molecule has 5 nitrogen and oxygen atoms in total. The van der Waals surface area contributed by atoms with E-state index in [0.29, 0.717) is 6.61 Å². The fourth-order valence-electron chi connectivity index (χ4n) is 5.46. The predicted molar refractivity (Wildman–Crippen MR) is 162 cm³/mol. The summed E-state index contributed by atoms with van der Waals surface area (Å²) in [5.41, 5.74) is 0.969. The van der Waals surface area contributed by atoms with Crippen LogP contribution in [0.5, 0.6) is 0 Å². The van der Waals surface area contributed by atoms with Crippen molar-refractivity contribution < 1.29 is 22.1 Å². The fraction of sp³-hybridized carbons (Fsp3) is 0.818. The molecule has 1 aliphatic rings. The Kier molecular flexibility index (Phi) is 18.3. The number of rotatable bonds is 25. The molecule has 1 aromatic rings. The van der Waals surface area contributed by atoms with E-state index in [1.54, 1.807) is 24.3 Å². The summed E-state index contributed by atoms with van der Waals surface area (Å²) in [5.74, 6) is 0. The van der Waals surface area contributed by atoms with Gasteiger partial charge in [0.2, 0.25) is 0 Å². The van der Waals surface area contributed by atoms with Crippen molar-refractivity contribution >= 4 is 10.1 Å². The van der Waals surface area contributed by atoms with Crippen molar-refractivity contribution in [2.24, 2.45) is 0 Å². The average molecular weight is 567 g/mol. The van der Waals surface area contributed by atoms with Crippen LogP contribution in [-0.2, 0) is 23.8 Å². The quantitative estimate of drug-likeness (QED) is 0.0871. The summed E-state index contributed by atoms with van der Waals surface area (Å²) in [5, 5.41) is 0. The summed E-state index contributed by atoms with van der Waals surface area (Å²) in [7, 11) is -3.66. The SMILES string of the molecule is CCCCCCCCCCCCCCCC1(COCCCCCCOS(=O)(=O)c2ccc(C)cc2)CCCO1. The maximum atomic E-state index is 12.2. The van der Waals surface area contributed by atoms with Gasteiger partial charge in [0.1, 0.15) is 0 Å². The number of unbranched alkanes of at least 4 members (excludes halogenated alkanes) is 15. The Balaban J connectivity index is 1.43. The molecule has 1 unspecified atom stereocenters. The van der Waals surface area contributed by atoms with E-state index in [4.69, 9.17) is 13.7 Å². The number of ether oxygens (including phenoxy) is 2. The Morgan fingerprint density at radius 3 is 1.85 bits per heavy atom. The lowest BCUT2D eigenvalue weighted by atomic mass is 9.93. The second-order valence-electron chi connectivity index (χ2n) is 11.7. The Bertz CT molecular complexity index is 815. The summed E-state index contributed by atoms with van der Waals surface area (Å²) in [6.45, 7) is 6.77. The number of hydrogen-bond donors (Lipinski definition) is 0. The van der Waals surface area contributed by atoms with Gasteiger partial charge in [0.25, 0.3) is 10.1 Å². The maximum Gasteiger partial charge on any atom is 0.296 e. The molecular weight excluding hydrogens is 508 g/mol. The van der Waals surface area contributed by atoms with Gasteiger partial charge in [-0.2, -0.15) is 8.42 Å². The van der Waals surface area contributed by atoms with Crippen molar-refractivity contribution in [1.29, 1.82) is 0 Å². The van der Waals surface area contributed by atoms with E-state index in [1.807, 2.05) is 6.92 Å². The molecular formula is C33H58O5S. The van der Waals surface area contributed by atoms with Gasteiger partial charge in [-0.05, 0) is 51.2 Å². The first-order chi connectivity index (χ1) is 19.0. The molecule has 1 heterocycles. The van der Waals surface area contributed by atoms with E-state index in [0.717, 1.165) is 63.7 Å². The van der Waals surface area contributed by atoms with Crippen LogP contribution in [0.25, 0.3) is 0 Å². The third-order valence-corrected chi connectivity index (χ3v) is 9.34. The highest BCUT2D eigenvalue weighted by Crippen LogP contribution is 2.32. The minimum absolute atomic E-state index is 0.0596. The summed E-state index contributed by atoms with van der Waals surface area (Å²) >= 11 is 0. The van der Waals surface area contributed by atoms with Gasteiger partial charge in [-0.25, -0.2) is 0 Å². The van der Waals surface area contributed by atoms with Crippen LogP contribution in [0.2, 0.25) is 0 Å². The maximum absolute atomic E-state index is 12.2. The molecule has 0 aromatic heterocycles. The van der Waals surface area contributed by atoms with E-state index in [-0.39, 0.29) is 17.1 Å². The molecule has 226 valence electrons. The number of benzene rings is 1. The van der Waals surface area contributed by atoms with Crippen LogP contribution < -0.4 is 0 Å². The largest absolute Gasteiger partial charge is 0.378 e. The molecule has 0 amide bonds. The van der Waals surface area contributed by atoms with E-state index >= 15 is 0 Å². The first-order valence-electron chi connectivity index (χ1n) is 16.2. The molecule has 1 aliphatic heterocycles.